The third kappa shape index (κ3) is 43.8. The Bertz CT molecular complexity index is 1100. The zero-order valence-corrected chi connectivity index (χ0v) is 37.1. The van der Waals surface area contributed by atoms with Gasteiger partial charge in [0.05, 0.1) is 0 Å². The minimum atomic E-state index is -0.791. The molecule has 0 N–H and O–H groups in total. The maximum Gasteiger partial charge on any atom is 0.306 e. The molecule has 0 aromatic carbocycles. The Balaban J connectivity index is 4.43. The second-order valence-corrected chi connectivity index (χ2v) is 15.3. The van der Waals surface area contributed by atoms with Crippen molar-refractivity contribution in [2.75, 3.05) is 13.2 Å². The minimum absolute atomic E-state index is 0.0922. The van der Waals surface area contributed by atoms with Crippen LogP contribution in [-0.4, -0.2) is 37.2 Å². The maximum absolute atomic E-state index is 12.7. The number of hydrogen-bond donors (Lipinski definition) is 0. The molecule has 0 aromatic rings. The van der Waals surface area contributed by atoms with Gasteiger partial charge in [-0.3, -0.25) is 14.4 Å². The molecule has 0 aliphatic heterocycles. The van der Waals surface area contributed by atoms with Crippen LogP contribution in [0.3, 0.4) is 0 Å². The van der Waals surface area contributed by atoms with Crippen LogP contribution in [0.4, 0.5) is 0 Å². The van der Waals surface area contributed by atoms with Crippen molar-refractivity contribution in [2.24, 2.45) is 0 Å². The van der Waals surface area contributed by atoms with E-state index in [0.717, 1.165) is 141 Å². The first kappa shape index (κ1) is 53.9. The molecular formula is C51H86O6. The zero-order valence-electron chi connectivity index (χ0n) is 37.1. The van der Waals surface area contributed by atoms with Gasteiger partial charge in [-0.25, -0.2) is 0 Å². The van der Waals surface area contributed by atoms with E-state index in [2.05, 4.69) is 93.7 Å². The third-order valence-electron chi connectivity index (χ3n) is 9.65. The van der Waals surface area contributed by atoms with Crippen molar-refractivity contribution >= 4 is 17.9 Å². The first-order valence-electron chi connectivity index (χ1n) is 23.4. The Hall–Kier alpha value is -3.15. The van der Waals surface area contributed by atoms with Gasteiger partial charge in [-0.1, -0.05) is 171 Å². The largest absolute Gasteiger partial charge is 0.462 e. The SMILES string of the molecule is CC/C=C\C/C=C\C/C=C\CCCCCCCC(=O)OCC(COC(=O)CCCCCCC/C=C\CCC)OC(=O)CCCCCCC/C=C\C/C=C\CCCC. The maximum atomic E-state index is 12.7. The molecule has 0 aliphatic carbocycles. The number of hydrogen-bond acceptors (Lipinski definition) is 6. The van der Waals surface area contributed by atoms with Crippen LogP contribution in [0.1, 0.15) is 213 Å². The molecule has 0 aliphatic rings. The summed E-state index contributed by atoms with van der Waals surface area (Å²) in [6.45, 7) is 6.37. The summed E-state index contributed by atoms with van der Waals surface area (Å²) in [6, 6.07) is 0. The molecule has 0 radical (unpaired) electrons. The number of unbranched alkanes of at least 4 members (excludes halogenated alkanes) is 18. The van der Waals surface area contributed by atoms with E-state index in [1.165, 1.54) is 32.1 Å². The Labute approximate surface area is 351 Å². The number of rotatable bonds is 41. The molecule has 0 heterocycles. The highest BCUT2D eigenvalue weighted by molar-refractivity contribution is 5.71. The fourth-order valence-electron chi connectivity index (χ4n) is 6.12. The average Bonchev–Trinajstić information content (AvgIpc) is 3.21. The number of ether oxygens (including phenoxy) is 3. The van der Waals surface area contributed by atoms with Crippen LogP contribution in [0.2, 0.25) is 0 Å². The molecular weight excluding hydrogens is 709 g/mol. The van der Waals surface area contributed by atoms with Gasteiger partial charge in [-0.05, 0) is 96.3 Å². The Morgan fingerprint density at radius 1 is 0.368 bits per heavy atom. The Morgan fingerprint density at radius 2 is 0.719 bits per heavy atom. The lowest BCUT2D eigenvalue weighted by atomic mass is 10.1. The van der Waals surface area contributed by atoms with E-state index < -0.39 is 6.10 Å². The van der Waals surface area contributed by atoms with E-state index in [1.54, 1.807) is 0 Å². The van der Waals surface area contributed by atoms with E-state index in [-0.39, 0.29) is 31.1 Å². The van der Waals surface area contributed by atoms with E-state index in [0.29, 0.717) is 19.3 Å². The van der Waals surface area contributed by atoms with Crippen LogP contribution < -0.4 is 0 Å². The van der Waals surface area contributed by atoms with Crippen LogP contribution in [0.15, 0.2) is 72.9 Å². The van der Waals surface area contributed by atoms with Gasteiger partial charge in [0.2, 0.25) is 0 Å². The van der Waals surface area contributed by atoms with Crippen LogP contribution >= 0.6 is 0 Å². The van der Waals surface area contributed by atoms with E-state index in [9.17, 15) is 14.4 Å². The van der Waals surface area contributed by atoms with Crippen LogP contribution in [0, 0.1) is 0 Å². The summed E-state index contributed by atoms with van der Waals surface area (Å²) < 4.78 is 16.7. The fourth-order valence-corrected chi connectivity index (χ4v) is 6.12. The smallest absolute Gasteiger partial charge is 0.306 e. The summed E-state index contributed by atoms with van der Waals surface area (Å²) in [5.41, 5.74) is 0. The predicted molar refractivity (Wildman–Crippen MR) is 242 cm³/mol. The molecule has 0 saturated carbocycles. The van der Waals surface area contributed by atoms with E-state index in [4.69, 9.17) is 14.2 Å². The summed E-state index contributed by atoms with van der Waals surface area (Å²) in [4.78, 5) is 37.8. The quantitative estimate of drug-likeness (QED) is 0.0265. The highest BCUT2D eigenvalue weighted by Gasteiger charge is 2.19. The van der Waals surface area contributed by atoms with Gasteiger partial charge >= 0.3 is 17.9 Å². The third-order valence-corrected chi connectivity index (χ3v) is 9.65. The van der Waals surface area contributed by atoms with E-state index >= 15 is 0 Å². The van der Waals surface area contributed by atoms with Crippen LogP contribution in [-0.2, 0) is 28.6 Å². The summed E-state index contributed by atoms with van der Waals surface area (Å²) >= 11 is 0. The molecule has 1 unspecified atom stereocenters. The van der Waals surface area contributed by atoms with Gasteiger partial charge in [0, 0.05) is 19.3 Å². The van der Waals surface area contributed by atoms with Crippen molar-refractivity contribution < 1.29 is 28.6 Å². The van der Waals surface area contributed by atoms with Gasteiger partial charge < -0.3 is 14.2 Å². The van der Waals surface area contributed by atoms with Crippen LogP contribution in [0.5, 0.6) is 0 Å². The van der Waals surface area contributed by atoms with Crippen molar-refractivity contribution in [2.45, 2.75) is 219 Å². The molecule has 0 aromatic heterocycles. The minimum Gasteiger partial charge on any atom is -0.462 e. The fraction of sp³-hybridized carbons (Fsp3) is 0.706. The van der Waals surface area contributed by atoms with Crippen LogP contribution in [0.25, 0.3) is 0 Å². The molecule has 0 fully saturated rings. The summed E-state index contributed by atoms with van der Waals surface area (Å²) in [5.74, 6) is -0.939. The van der Waals surface area contributed by atoms with Gasteiger partial charge in [0.1, 0.15) is 13.2 Å². The Morgan fingerprint density at radius 3 is 1.16 bits per heavy atom. The summed E-state index contributed by atoms with van der Waals surface area (Å²) in [6.07, 6.45) is 55.9. The van der Waals surface area contributed by atoms with Crippen molar-refractivity contribution in [3.63, 3.8) is 0 Å². The topological polar surface area (TPSA) is 78.9 Å². The number of carbonyl (C=O) groups excluding carboxylic acids is 3. The number of allylic oxidation sites excluding steroid dienone is 12. The monoisotopic (exact) mass is 795 g/mol. The lowest BCUT2D eigenvalue weighted by molar-refractivity contribution is -0.167. The molecule has 0 spiro atoms. The average molecular weight is 795 g/mol. The first-order chi connectivity index (χ1) is 28.0. The lowest BCUT2D eigenvalue weighted by Gasteiger charge is -2.18. The number of esters is 3. The van der Waals surface area contributed by atoms with Gasteiger partial charge in [0.25, 0.3) is 0 Å². The van der Waals surface area contributed by atoms with Crippen molar-refractivity contribution in [1.29, 1.82) is 0 Å². The van der Waals surface area contributed by atoms with Gasteiger partial charge in [-0.15, -0.1) is 0 Å². The highest BCUT2D eigenvalue weighted by Crippen LogP contribution is 2.13. The molecule has 6 heteroatoms. The van der Waals surface area contributed by atoms with Gasteiger partial charge in [-0.2, -0.15) is 0 Å². The molecule has 1 atom stereocenters. The molecule has 326 valence electrons. The van der Waals surface area contributed by atoms with E-state index in [1.807, 2.05) is 0 Å². The summed E-state index contributed by atoms with van der Waals surface area (Å²) in [5, 5.41) is 0. The molecule has 0 rings (SSSR count). The number of carbonyl (C=O) groups is 3. The molecule has 0 saturated heterocycles. The first-order valence-corrected chi connectivity index (χ1v) is 23.4. The highest BCUT2D eigenvalue weighted by atomic mass is 16.6. The van der Waals surface area contributed by atoms with Crippen molar-refractivity contribution in [3.05, 3.63) is 72.9 Å². The van der Waals surface area contributed by atoms with Crippen molar-refractivity contribution in [3.8, 4) is 0 Å². The zero-order chi connectivity index (χ0) is 41.5. The second kappa shape index (κ2) is 45.6. The standard InChI is InChI=1S/C51H86O6/c1-4-7-10-13-16-19-22-24-26-28-29-32-35-38-41-44-50(53)56-47-48(46-55-49(52)43-40-37-34-31-21-18-15-12-9-6-3)57-51(54)45-42-39-36-33-30-27-25-23-20-17-14-11-8-5-2/h7,10,12,14-17,19,23-26,48H,4-6,8-9,11,13,18,20-22,27-47H2,1-3H3/b10-7-,15-12-,17-14-,19-16-,25-23-,26-24-. The van der Waals surface area contributed by atoms with Crippen molar-refractivity contribution in [1.82, 2.24) is 0 Å². The normalized spacial score (nSPS) is 12.7. The molecule has 57 heavy (non-hydrogen) atoms. The van der Waals surface area contributed by atoms with Gasteiger partial charge in [0.15, 0.2) is 6.10 Å². The lowest BCUT2D eigenvalue weighted by Crippen LogP contribution is -2.30. The second-order valence-electron chi connectivity index (χ2n) is 15.3. The molecule has 0 bridgehead atoms. The Kier molecular flexibility index (Phi) is 43.0. The molecule has 0 amide bonds. The summed E-state index contributed by atoms with van der Waals surface area (Å²) in [7, 11) is 0. The molecule has 6 nitrogen and oxygen atoms in total. The predicted octanol–water partition coefficient (Wildman–Crippen LogP) is 15.1.